The van der Waals surface area contributed by atoms with Crippen molar-refractivity contribution >= 4 is 12.6 Å². The Morgan fingerprint density at radius 3 is 1.30 bits per heavy atom. The van der Waals surface area contributed by atoms with Crippen molar-refractivity contribution in [3.63, 3.8) is 0 Å². The fourth-order valence-electron chi connectivity index (χ4n) is 0.254. The highest BCUT2D eigenvalue weighted by molar-refractivity contribution is 5.78. The molecule has 0 aromatic heterocycles. The Morgan fingerprint density at radius 1 is 1.00 bits per heavy atom. The van der Waals surface area contributed by atoms with Gasteiger partial charge in [-0.05, 0) is 13.8 Å². The number of carbonyl (C=O) groups is 2. The maximum Gasteiger partial charge on any atom is 0.141 e. The molecule has 0 aromatic carbocycles. The molecule has 0 amide bonds. The van der Waals surface area contributed by atoms with Gasteiger partial charge in [0, 0.05) is 0 Å². The van der Waals surface area contributed by atoms with Crippen molar-refractivity contribution < 1.29 is 9.59 Å². The molecule has 58 valence electrons. The lowest BCUT2D eigenvalue weighted by Gasteiger charge is -2.30. The summed E-state index contributed by atoms with van der Waals surface area (Å²) in [6.45, 7) is 2.82. The van der Waals surface area contributed by atoms with Gasteiger partial charge in [-0.2, -0.15) is 0 Å². The van der Waals surface area contributed by atoms with Crippen LogP contribution in [0.4, 0.5) is 0 Å². The van der Waals surface area contributed by atoms with Gasteiger partial charge in [-0.25, -0.2) is 0 Å². The van der Waals surface area contributed by atoms with Crippen LogP contribution < -0.4 is 11.5 Å². The molecule has 0 spiro atoms. The van der Waals surface area contributed by atoms with E-state index in [1.165, 1.54) is 13.8 Å². The molecule has 0 fully saturated rings. The third-order valence-electron chi connectivity index (χ3n) is 1.65. The summed E-state index contributed by atoms with van der Waals surface area (Å²) >= 11 is 0. The number of nitrogens with two attached hydrogens (primary N) is 2. The van der Waals surface area contributed by atoms with Crippen LogP contribution in [0.5, 0.6) is 0 Å². The molecule has 2 atom stereocenters. The zero-order valence-electron chi connectivity index (χ0n) is 6.13. The van der Waals surface area contributed by atoms with Gasteiger partial charge in [-0.15, -0.1) is 0 Å². The van der Waals surface area contributed by atoms with Gasteiger partial charge in [0.15, 0.2) is 0 Å². The van der Waals surface area contributed by atoms with Gasteiger partial charge in [-0.3, -0.25) is 0 Å². The predicted octanol–water partition coefficient (Wildman–Crippen LogP) is -1.18. The van der Waals surface area contributed by atoms with Crippen LogP contribution in [0.25, 0.3) is 0 Å². The van der Waals surface area contributed by atoms with Gasteiger partial charge in [0.25, 0.3) is 0 Å². The first-order chi connectivity index (χ1) is 4.37. The highest BCUT2D eigenvalue weighted by Crippen LogP contribution is 2.10. The van der Waals surface area contributed by atoms with E-state index in [0.717, 1.165) is 0 Å². The van der Waals surface area contributed by atoms with E-state index in [9.17, 15) is 9.59 Å². The first kappa shape index (κ1) is 9.26. The van der Waals surface area contributed by atoms with Crippen LogP contribution >= 0.6 is 0 Å². The van der Waals surface area contributed by atoms with Gasteiger partial charge < -0.3 is 21.1 Å². The summed E-state index contributed by atoms with van der Waals surface area (Å²) < 4.78 is 0. The van der Waals surface area contributed by atoms with E-state index in [1.807, 2.05) is 0 Å². The van der Waals surface area contributed by atoms with Crippen LogP contribution in [0.2, 0.25) is 0 Å². The minimum absolute atomic E-state index is 0.474. The minimum atomic E-state index is -1.28. The average Bonchev–Trinajstić information content (AvgIpc) is 1.88. The SMILES string of the molecule is CC(N)(C=O)C(C)(N)C=O. The monoisotopic (exact) mass is 144 g/mol. The predicted molar refractivity (Wildman–Crippen MR) is 37.3 cm³/mol. The topological polar surface area (TPSA) is 86.2 Å². The molecule has 4 heteroatoms. The van der Waals surface area contributed by atoms with Crippen LogP contribution in [0, 0.1) is 0 Å². The van der Waals surface area contributed by atoms with Gasteiger partial charge in [0.2, 0.25) is 0 Å². The van der Waals surface area contributed by atoms with E-state index < -0.39 is 11.1 Å². The minimum Gasteiger partial charge on any atom is -0.318 e. The summed E-state index contributed by atoms with van der Waals surface area (Å²) in [5.74, 6) is 0. The van der Waals surface area contributed by atoms with Gasteiger partial charge in [0.05, 0.1) is 11.1 Å². The molecule has 0 aliphatic carbocycles. The molecule has 0 aromatic rings. The molecule has 0 saturated carbocycles. The summed E-state index contributed by atoms with van der Waals surface area (Å²) in [7, 11) is 0. The molecular weight excluding hydrogens is 132 g/mol. The number of aldehydes is 2. The van der Waals surface area contributed by atoms with Crippen molar-refractivity contribution in [1.82, 2.24) is 0 Å². The molecule has 4 N–H and O–H groups in total. The van der Waals surface area contributed by atoms with Gasteiger partial charge >= 0.3 is 0 Å². The molecule has 0 saturated heterocycles. The van der Waals surface area contributed by atoms with Crippen LogP contribution in [0.1, 0.15) is 13.8 Å². The molecule has 0 radical (unpaired) electrons. The van der Waals surface area contributed by atoms with Crippen LogP contribution in [0.15, 0.2) is 0 Å². The first-order valence-corrected chi connectivity index (χ1v) is 2.88. The lowest BCUT2D eigenvalue weighted by Crippen LogP contribution is -2.64. The Labute approximate surface area is 59.6 Å². The molecule has 0 heterocycles. The summed E-state index contributed by atoms with van der Waals surface area (Å²) in [6, 6.07) is 0. The van der Waals surface area contributed by atoms with E-state index in [4.69, 9.17) is 11.5 Å². The second-order valence-electron chi connectivity index (χ2n) is 2.80. The second kappa shape index (κ2) is 2.48. The third-order valence-corrected chi connectivity index (χ3v) is 1.65. The number of hydrogen-bond acceptors (Lipinski definition) is 4. The molecule has 0 aliphatic heterocycles. The Kier molecular flexibility index (Phi) is 2.29. The largest absolute Gasteiger partial charge is 0.318 e. The molecule has 0 bridgehead atoms. The molecule has 4 nitrogen and oxygen atoms in total. The van der Waals surface area contributed by atoms with Crippen molar-refractivity contribution in [1.29, 1.82) is 0 Å². The fourth-order valence-corrected chi connectivity index (χ4v) is 0.254. The van der Waals surface area contributed by atoms with E-state index in [0.29, 0.717) is 12.6 Å². The van der Waals surface area contributed by atoms with E-state index >= 15 is 0 Å². The summed E-state index contributed by atoms with van der Waals surface area (Å²) in [5, 5.41) is 0. The van der Waals surface area contributed by atoms with E-state index in [1.54, 1.807) is 0 Å². The number of hydrogen-bond donors (Lipinski definition) is 2. The Hall–Kier alpha value is -0.740. The molecule has 2 unspecified atom stereocenters. The molecule has 10 heavy (non-hydrogen) atoms. The lowest BCUT2D eigenvalue weighted by atomic mass is 9.84. The number of carbonyl (C=O) groups excluding carboxylic acids is 2. The number of rotatable bonds is 3. The van der Waals surface area contributed by atoms with Crippen LogP contribution in [-0.2, 0) is 9.59 Å². The van der Waals surface area contributed by atoms with Crippen molar-refractivity contribution in [3.8, 4) is 0 Å². The van der Waals surface area contributed by atoms with Crippen molar-refractivity contribution in [2.24, 2.45) is 11.5 Å². The van der Waals surface area contributed by atoms with Crippen molar-refractivity contribution in [2.45, 2.75) is 24.9 Å². The zero-order chi connectivity index (χ0) is 8.41. The van der Waals surface area contributed by atoms with Crippen molar-refractivity contribution in [3.05, 3.63) is 0 Å². The molecule has 0 aliphatic rings. The Bertz CT molecular complexity index is 134. The average molecular weight is 144 g/mol. The Balaban J connectivity index is 4.59. The molecule has 0 rings (SSSR count). The zero-order valence-corrected chi connectivity index (χ0v) is 6.13. The first-order valence-electron chi connectivity index (χ1n) is 2.88. The summed E-state index contributed by atoms with van der Waals surface area (Å²) in [6.07, 6.45) is 0.947. The standard InChI is InChI=1S/C6H12N2O2/c1-5(7,3-9)6(2,8)4-10/h3-4H,7-8H2,1-2H3. The molecular formula is C6H12N2O2. The smallest absolute Gasteiger partial charge is 0.141 e. The maximum atomic E-state index is 10.3. The fraction of sp³-hybridized carbons (Fsp3) is 0.667. The quantitative estimate of drug-likeness (QED) is 0.488. The van der Waals surface area contributed by atoms with E-state index in [2.05, 4.69) is 0 Å². The van der Waals surface area contributed by atoms with Crippen LogP contribution in [-0.4, -0.2) is 23.7 Å². The highest BCUT2D eigenvalue weighted by atomic mass is 16.1. The third kappa shape index (κ3) is 1.40. The van der Waals surface area contributed by atoms with Gasteiger partial charge in [0.1, 0.15) is 12.6 Å². The van der Waals surface area contributed by atoms with Crippen molar-refractivity contribution in [2.75, 3.05) is 0 Å². The normalized spacial score (nSPS) is 22.4. The Morgan fingerprint density at radius 2 is 1.20 bits per heavy atom. The highest BCUT2D eigenvalue weighted by Gasteiger charge is 2.37. The second-order valence-corrected chi connectivity index (χ2v) is 2.80. The van der Waals surface area contributed by atoms with E-state index in [-0.39, 0.29) is 0 Å². The summed E-state index contributed by atoms with van der Waals surface area (Å²) in [5.41, 5.74) is 8.19. The lowest BCUT2D eigenvalue weighted by molar-refractivity contribution is -0.120. The van der Waals surface area contributed by atoms with Gasteiger partial charge in [-0.1, -0.05) is 0 Å². The summed E-state index contributed by atoms with van der Waals surface area (Å²) in [4.78, 5) is 20.5. The maximum absolute atomic E-state index is 10.3. The van der Waals surface area contributed by atoms with Crippen LogP contribution in [0.3, 0.4) is 0 Å².